The van der Waals surface area contributed by atoms with E-state index in [4.69, 9.17) is 11.6 Å². The maximum atomic E-state index is 13.1. The van der Waals surface area contributed by atoms with Crippen molar-refractivity contribution in [2.45, 2.75) is 32.6 Å². The molecule has 0 radical (unpaired) electrons. The largest absolute Gasteiger partial charge is 0.322 e. The van der Waals surface area contributed by atoms with Crippen molar-refractivity contribution in [2.24, 2.45) is 0 Å². The molecule has 0 aliphatic rings. The van der Waals surface area contributed by atoms with E-state index in [9.17, 15) is 13.2 Å². The fraction of sp³-hybridized carbons (Fsp3) is 0.174. The number of hydrogen-bond donors (Lipinski definition) is 2. The Kier molecular flexibility index (Phi) is 6.19. The van der Waals surface area contributed by atoms with Crippen molar-refractivity contribution in [1.82, 2.24) is 0 Å². The van der Waals surface area contributed by atoms with Gasteiger partial charge in [-0.15, -0.1) is 0 Å². The van der Waals surface area contributed by atoms with Crippen molar-refractivity contribution in [1.29, 1.82) is 0 Å². The topological polar surface area (TPSA) is 75.3 Å². The van der Waals surface area contributed by atoms with Crippen LogP contribution in [0.5, 0.6) is 0 Å². The van der Waals surface area contributed by atoms with E-state index < -0.39 is 15.9 Å². The van der Waals surface area contributed by atoms with Crippen LogP contribution in [0.1, 0.15) is 32.6 Å². The number of amides is 1. The Labute approximate surface area is 182 Å². The molecule has 5 nitrogen and oxygen atoms in total. The minimum atomic E-state index is -3.88. The Morgan fingerprint density at radius 1 is 0.867 bits per heavy atom. The lowest BCUT2D eigenvalue weighted by molar-refractivity contribution is 0.102. The molecule has 0 atom stereocenters. The van der Waals surface area contributed by atoms with E-state index in [1.54, 1.807) is 50.2 Å². The van der Waals surface area contributed by atoms with Gasteiger partial charge in [-0.3, -0.25) is 9.52 Å². The van der Waals surface area contributed by atoms with Gasteiger partial charge in [-0.2, -0.15) is 0 Å². The third-order valence-corrected chi connectivity index (χ3v) is 6.81. The van der Waals surface area contributed by atoms with Gasteiger partial charge in [0.15, 0.2) is 0 Å². The van der Waals surface area contributed by atoms with Crippen molar-refractivity contribution in [2.75, 3.05) is 10.0 Å². The zero-order chi connectivity index (χ0) is 22.1. The molecule has 0 bridgehead atoms. The van der Waals surface area contributed by atoms with Gasteiger partial charge >= 0.3 is 0 Å². The molecule has 0 saturated heterocycles. The fourth-order valence-electron chi connectivity index (χ4n) is 3.01. The summed E-state index contributed by atoms with van der Waals surface area (Å²) in [6.07, 6.45) is 0. The highest BCUT2D eigenvalue weighted by atomic mass is 35.5. The first-order valence-electron chi connectivity index (χ1n) is 9.35. The van der Waals surface area contributed by atoms with Crippen molar-refractivity contribution in [3.05, 3.63) is 87.4 Å². The molecule has 156 valence electrons. The maximum Gasteiger partial charge on any atom is 0.262 e. The SMILES string of the molecule is Cc1ccc(C)c(NS(=O)(=O)c2cc(C(=O)Nc3cccc(Cl)c3C)ccc2C)c1. The number of anilines is 2. The van der Waals surface area contributed by atoms with Crippen LogP contribution in [0.4, 0.5) is 11.4 Å². The summed E-state index contributed by atoms with van der Waals surface area (Å²) in [6, 6.07) is 15.4. The molecule has 3 aromatic carbocycles. The second-order valence-corrected chi connectivity index (χ2v) is 9.33. The molecule has 3 aromatic rings. The number of aryl methyl sites for hydroxylation is 3. The molecular formula is C23H23ClN2O3S. The summed E-state index contributed by atoms with van der Waals surface area (Å²) in [7, 11) is -3.88. The molecule has 0 heterocycles. The lowest BCUT2D eigenvalue weighted by atomic mass is 10.1. The smallest absolute Gasteiger partial charge is 0.262 e. The molecule has 30 heavy (non-hydrogen) atoms. The number of hydrogen-bond acceptors (Lipinski definition) is 3. The van der Waals surface area contributed by atoms with E-state index in [1.165, 1.54) is 6.07 Å². The van der Waals surface area contributed by atoms with Gasteiger partial charge in [0.05, 0.1) is 10.6 Å². The minimum Gasteiger partial charge on any atom is -0.322 e. The summed E-state index contributed by atoms with van der Waals surface area (Å²) in [6.45, 7) is 7.23. The van der Waals surface area contributed by atoms with Crippen molar-refractivity contribution < 1.29 is 13.2 Å². The number of benzene rings is 3. The molecule has 0 aromatic heterocycles. The average molecular weight is 443 g/mol. The molecule has 1 amide bonds. The summed E-state index contributed by atoms with van der Waals surface area (Å²) >= 11 is 6.11. The quantitative estimate of drug-likeness (QED) is 0.537. The van der Waals surface area contributed by atoms with Gasteiger partial charge in [-0.05, 0) is 80.3 Å². The number of carbonyl (C=O) groups is 1. The summed E-state index contributed by atoms with van der Waals surface area (Å²) in [5.74, 6) is -0.413. The van der Waals surface area contributed by atoms with Crippen LogP contribution in [0.25, 0.3) is 0 Å². The summed E-state index contributed by atoms with van der Waals surface area (Å²) < 4.78 is 28.8. The van der Waals surface area contributed by atoms with Gasteiger partial charge in [0.2, 0.25) is 0 Å². The van der Waals surface area contributed by atoms with Gasteiger partial charge in [-0.1, -0.05) is 35.9 Å². The number of carbonyl (C=O) groups excluding carboxylic acids is 1. The van der Waals surface area contributed by atoms with Crippen molar-refractivity contribution >= 4 is 38.9 Å². The molecule has 7 heteroatoms. The Hall–Kier alpha value is -2.83. The normalized spacial score (nSPS) is 11.2. The lowest BCUT2D eigenvalue weighted by Crippen LogP contribution is -2.18. The van der Waals surface area contributed by atoms with E-state index >= 15 is 0 Å². The van der Waals surface area contributed by atoms with E-state index in [0.717, 1.165) is 16.7 Å². The molecule has 2 N–H and O–H groups in total. The molecule has 0 unspecified atom stereocenters. The average Bonchev–Trinajstić information content (AvgIpc) is 2.68. The number of nitrogens with one attached hydrogen (secondary N) is 2. The zero-order valence-electron chi connectivity index (χ0n) is 17.2. The Balaban J connectivity index is 1.93. The van der Waals surface area contributed by atoms with Crippen molar-refractivity contribution in [3.8, 4) is 0 Å². The van der Waals surface area contributed by atoms with Gasteiger partial charge in [0.25, 0.3) is 15.9 Å². The highest BCUT2D eigenvalue weighted by molar-refractivity contribution is 7.92. The Morgan fingerprint density at radius 3 is 2.30 bits per heavy atom. The first-order valence-corrected chi connectivity index (χ1v) is 11.2. The molecule has 0 spiro atoms. The van der Waals surface area contributed by atoms with E-state index in [1.807, 2.05) is 26.0 Å². The van der Waals surface area contributed by atoms with Crippen LogP contribution >= 0.6 is 11.6 Å². The zero-order valence-corrected chi connectivity index (χ0v) is 18.8. The van der Waals surface area contributed by atoms with Crippen LogP contribution in [-0.2, 0) is 10.0 Å². The Morgan fingerprint density at radius 2 is 1.57 bits per heavy atom. The first-order chi connectivity index (χ1) is 14.1. The highest BCUT2D eigenvalue weighted by Gasteiger charge is 2.20. The predicted molar refractivity (Wildman–Crippen MR) is 122 cm³/mol. The predicted octanol–water partition coefficient (Wildman–Crippen LogP) is 5.63. The van der Waals surface area contributed by atoms with Gasteiger partial charge in [-0.25, -0.2) is 8.42 Å². The third kappa shape index (κ3) is 4.66. The van der Waals surface area contributed by atoms with Gasteiger partial charge in [0.1, 0.15) is 0 Å². The van der Waals surface area contributed by atoms with E-state index in [0.29, 0.717) is 22.0 Å². The summed E-state index contributed by atoms with van der Waals surface area (Å²) in [5.41, 5.74) is 4.37. The van der Waals surface area contributed by atoms with Crippen LogP contribution in [-0.4, -0.2) is 14.3 Å². The lowest BCUT2D eigenvalue weighted by Gasteiger charge is -2.14. The summed E-state index contributed by atoms with van der Waals surface area (Å²) in [4.78, 5) is 12.8. The van der Waals surface area contributed by atoms with Crippen LogP contribution in [0.3, 0.4) is 0 Å². The number of halogens is 1. The molecule has 0 aliphatic heterocycles. The summed E-state index contributed by atoms with van der Waals surface area (Å²) in [5, 5.41) is 3.33. The van der Waals surface area contributed by atoms with E-state index in [2.05, 4.69) is 10.0 Å². The van der Waals surface area contributed by atoms with Crippen LogP contribution < -0.4 is 10.0 Å². The second kappa shape index (κ2) is 8.50. The molecule has 0 aliphatic carbocycles. The van der Waals surface area contributed by atoms with Crippen LogP contribution in [0.15, 0.2) is 59.5 Å². The van der Waals surface area contributed by atoms with Crippen LogP contribution in [0.2, 0.25) is 5.02 Å². The fourth-order valence-corrected chi connectivity index (χ4v) is 4.58. The third-order valence-electron chi connectivity index (χ3n) is 4.89. The standard InChI is InChI=1S/C23H23ClN2O3S/c1-14-8-9-15(2)21(12-14)26-30(28,29)22-13-18(11-10-16(22)3)23(27)25-20-7-5-6-19(24)17(20)4/h5-13,26H,1-4H3,(H,25,27). The maximum absolute atomic E-state index is 13.1. The van der Waals surface area contributed by atoms with Crippen LogP contribution in [0, 0.1) is 27.7 Å². The Bertz CT molecular complexity index is 1240. The number of rotatable bonds is 5. The first kappa shape index (κ1) is 21.9. The van der Waals surface area contributed by atoms with Gasteiger partial charge in [0, 0.05) is 16.3 Å². The number of sulfonamides is 1. The molecule has 0 fully saturated rings. The molecule has 3 rings (SSSR count). The minimum absolute atomic E-state index is 0.0545. The van der Waals surface area contributed by atoms with Gasteiger partial charge < -0.3 is 5.32 Å². The second-order valence-electron chi connectivity index (χ2n) is 7.27. The molecule has 0 saturated carbocycles. The highest BCUT2D eigenvalue weighted by Crippen LogP contribution is 2.26. The van der Waals surface area contributed by atoms with E-state index in [-0.39, 0.29) is 10.5 Å². The van der Waals surface area contributed by atoms with Crippen molar-refractivity contribution in [3.63, 3.8) is 0 Å². The molecular weight excluding hydrogens is 420 g/mol. The monoisotopic (exact) mass is 442 g/mol.